The monoisotopic (exact) mass is 108 g/mol. The van der Waals surface area contributed by atoms with Crippen LogP contribution in [0.15, 0.2) is 25.2 Å². The summed E-state index contributed by atoms with van der Waals surface area (Å²) < 4.78 is 3.60. The molecule has 1 aliphatic heterocycles. The molecule has 0 amide bonds. The van der Waals surface area contributed by atoms with Crippen LogP contribution in [0.3, 0.4) is 0 Å². The molecule has 0 aromatic carbocycles. The van der Waals surface area contributed by atoms with Gasteiger partial charge in [0.15, 0.2) is 13.2 Å². The maximum absolute atomic E-state index is 3.56. The van der Waals surface area contributed by atoms with E-state index < -0.39 is 0 Å². The van der Waals surface area contributed by atoms with Gasteiger partial charge in [0.2, 0.25) is 6.20 Å². The Balaban J connectivity index is 3.01. The third-order valence-electron chi connectivity index (χ3n) is 0.921. The van der Waals surface area contributed by atoms with Crippen LogP contribution in [0, 0.1) is 0 Å². The summed E-state index contributed by atoms with van der Waals surface area (Å²) in [4.78, 5) is 0. The Kier molecular flexibility index (Phi) is 1.10. The van der Waals surface area contributed by atoms with E-state index in [4.69, 9.17) is 0 Å². The van der Waals surface area contributed by atoms with Crippen LogP contribution in [-0.2, 0) is 0 Å². The van der Waals surface area contributed by atoms with Gasteiger partial charge in [0.1, 0.15) is 0 Å². The van der Waals surface area contributed by atoms with Crippen LogP contribution in [0.2, 0.25) is 0 Å². The van der Waals surface area contributed by atoms with Crippen molar-refractivity contribution in [3.05, 3.63) is 25.2 Å². The average Bonchev–Trinajstić information content (AvgIpc) is 2.14. The first-order chi connectivity index (χ1) is 3.83. The molecule has 0 N–H and O–H groups in total. The van der Waals surface area contributed by atoms with Gasteiger partial charge in [-0.3, -0.25) is 0 Å². The van der Waals surface area contributed by atoms with E-state index in [2.05, 4.69) is 12.6 Å². The van der Waals surface area contributed by atoms with Crippen molar-refractivity contribution in [2.75, 3.05) is 7.05 Å². The van der Waals surface area contributed by atoms with Gasteiger partial charge in [-0.15, -0.1) is 0 Å². The highest BCUT2D eigenvalue weighted by atomic mass is 15.1. The lowest BCUT2D eigenvalue weighted by molar-refractivity contribution is -0.433. The summed E-state index contributed by atoms with van der Waals surface area (Å²) in [6, 6.07) is 2.94. The number of hydrogen-bond acceptors (Lipinski definition) is 0. The van der Waals surface area contributed by atoms with Crippen LogP contribution in [0.5, 0.6) is 0 Å². The van der Waals surface area contributed by atoms with Crippen LogP contribution in [0.25, 0.3) is 0 Å². The van der Waals surface area contributed by atoms with Crippen molar-refractivity contribution in [2.45, 2.75) is 0 Å². The van der Waals surface area contributed by atoms with E-state index in [0.717, 1.165) is 0 Å². The van der Waals surface area contributed by atoms with Crippen molar-refractivity contribution >= 4 is 6.01 Å². The summed E-state index contributed by atoms with van der Waals surface area (Å²) in [6.07, 6.45) is 5.48. The van der Waals surface area contributed by atoms with Crippen LogP contribution in [-0.4, -0.2) is 22.2 Å². The SMILES string of the molecule is C=C[N+]1=C=[N+](C)C=C1. The molecule has 0 radical (unpaired) electrons. The van der Waals surface area contributed by atoms with Crippen LogP contribution < -0.4 is 0 Å². The molecule has 8 heavy (non-hydrogen) atoms. The van der Waals surface area contributed by atoms with Crippen molar-refractivity contribution in [2.24, 2.45) is 0 Å². The Labute approximate surface area is 48.4 Å². The van der Waals surface area contributed by atoms with Crippen LogP contribution in [0.4, 0.5) is 0 Å². The van der Waals surface area contributed by atoms with Crippen LogP contribution >= 0.6 is 0 Å². The van der Waals surface area contributed by atoms with Crippen molar-refractivity contribution in [1.29, 1.82) is 0 Å². The predicted octanol–water partition coefficient (Wildman–Crippen LogP) is 0.443. The molecule has 0 aromatic rings. The van der Waals surface area contributed by atoms with Gasteiger partial charge in [-0.05, 0) is 6.58 Å². The smallest absolute Gasteiger partial charge is 0.0968 e. The zero-order valence-electron chi connectivity index (χ0n) is 4.83. The summed E-state index contributed by atoms with van der Waals surface area (Å²) in [7, 11) is 1.92. The molecule has 1 heterocycles. The number of nitrogens with zero attached hydrogens (tertiary/aromatic N) is 2. The molecule has 0 aromatic heterocycles. The first-order valence-electron chi connectivity index (χ1n) is 2.41. The largest absolute Gasteiger partial charge is 0.494 e. The molecule has 1 aliphatic rings. The first-order valence-corrected chi connectivity index (χ1v) is 2.41. The molecule has 0 spiro atoms. The lowest BCUT2D eigenvalue weighted by Crippen LogP contribution is -1.89. The molecular weight excluding hydrogens is 100 g/mol. The summed E-state index contributed by atoms with van der Waals surface area (Å²) in [5, 5.41) is 0. The van der Waals surface area contributed by atoms with Gasteiger partial charge in [0.05, 0.1) is 0 Å². The van der Waals surface area contributed by atoms with E-state index in [9.17, 15) is 0 Å². The molecular formula is C6H8N2+2. The molecule has 0 fully saturated rings. The summed E-state index contributed by atoms with van der Waals surface area (Å²) in [6.45, 7) is 3.56. The van der Waals surface area contributed by atoms with E-state index >= 15 is 0 Å². The van der Waals surface area contributed by atoms with Gasteiger partial charge in [-0.1, -0.05) is 9.15 Å². The first kappa shape index (κ1) is 5.01. The predicted molar refractivity (Wildman–Crippen MR) is 30.8 cm³/mol. The molecule has 0 aliphatic carbocycles. The highest BCUT2D eigenvalue weighted by Gasteiger charge is 2.05. The topological polar surface area (TPSA) is 6.02 Å². The normalized spacial score (nSPS) is 15.6. The Morgan fingerprint density at radius 3 is 2.62 bits per heavy atom. The van der Waals surface area contributed by atoms with Gasteiger partial charge in [-0.25, -0.2) is 0 Å². The molecule has 1 rings (SSSR count). The van der Waals surface area contributed by atoms with E-state index in [1.165, 1.54) is 0 Å². The Hall–Kier alpha value is -1.14. The summed E-state index contributed by atoms with van der Waals surface area (Å²) in [5.74, 6) is 0. The molecule has 40 valence electrons. The van der Waals surface area contributed by atoms with E-state index in [-0.39, 0.29) is 0 Å². The van der Waals surface area contributed by atoms with Crippen molar-refractivity contribution in [1.82, 2.24) is 0 Å². The minimum atomic E-state index is 1.69. The Morgan fingerprint density at radius 2 is 2.38 bits per heavy atom. The van der Waals surface area contributed by atoms with Gasteiger partial charge < -0.3 is 0 Å². The second-order valence-corrected chi connectivity index (χ2v) is 1.60. The summed E-state index contributed by atoms with van der Waals surface area (Å²) in [5.41, 5.74) is 0. The molecule has 0 bridgehead atoms. The molecule has 0 atom stereocenters. The van der Waals surface area contributed by atoms with Gasteiger partial charge in [0.25, 0.3) is 6.20 Å². The molecule has 2 nitrogen and oxygen atoms in total. The highest BCUT2D eigenvalue weighted by Crippen LogP contribution is 1.82. The minimum Gasteiger partial charge on any atom is -0.0968 e. The van der Waals surface area contributed by atoms with Gasteiger partial charge in [-0.2, -0.15) is 0 Å². The van der Waals surface area contributed by atoms with Crippen LogP contribution in [0.1, 0.15) is 0 Å². The molecule has 0 saturated heterocycles. The standard InChI is InChI=1S/C6H8N2/c1-3-8-5-4-7(2)6-8/h3-5H,1H2,2H3/q+2. The quantitative estimate of drug-likeness (QED) is 0.430. The molecule has 0 saturated carbocycles. The average molecular weight is 108 g/mol. The van der Waals surface area contributed by atoms with E-state index in [1.54, 1.807) is 10.8 Å². The lowest BCUT2D eigenvalue weighted by atomic mass is 10.8. The number of rotatable bonds is 1. The van der Waals surface area contributed by atoms with Gasteiger partial charge in [0, 0.05) is 0 Å². The third-order valence-corrected chi connectivity index (χ3v) is 0.921. The fourth-order valence-electron chi connectivity index (χ4n) is 0.522. The second-order valence-electron chi connectivity index (χ2n) is 1.60. The highest BCUT2D eigenvalue weighted by molar-refractivity contribution is 5.29. The Morgan fingerprint density at radius 1 is 1.62 bits per heavy atom. The Bertz CT molecular complexity index is 205. The minimum absolute atomic E-state index is 1.69. The second kappa shape index (κ2) is 1.76. The fraction of sp³-hybridized carbons (Fsp3) is 0.167. The van der Waals surface area contributed by atoms with Crippen molar-refractivity contribution in [3.8, 4) is 0 Å². The van der Waals surface area contributed by atoms with E-state index in [1.807, 2.05) is 24.0 Å². The van der Waals surface area contributed by atoms with Crippen molar-refractivity contribution < 1.29 is 9.15 Å². The van der Waals surface area contributed by atoms with Gasteiger partial charge >= 0.3 is 6.01 Å². The summed E-state index contributed by atoms with van der Waals surface area (Å²) >= 11 is 0. The van der Waals surface area contributed by atoms with Crippen molar-refractivity contribution in [3.63, 3.8) is 0 Å². The third kappa shape index (κ3) is 0.745. The maximum atomic E-state index is 3.56. The zero-order chi connectivity index (χ0) is 5.98. The molecule has 0 unspecified atom stereocenters. The van der Waals surface area contributed by atoms with E-state index in [0.29, 0.717) is 0 Å². The molecule has 2 heteroatoms. The fourth-order valence-corrected chi connectivity index (χ4v) is 0.522. The number of hydrogen-bond donors (Lipinski definition) is 0. The zero-order valence-corrected chi connectivity index (χ0v) is 4.83. The maximum Gasteiger partial charge on any atom is 0.494 e. The lowest BCUT2D eigenvalue weighted by Gasteiger charge is -1.61.